The molecule has 0 fully saturated rings. The van der Waals surface area contributed by atoms with Gasteiger partial charge in [-0.1, -0.05) is 6.58 Å². The number of pyridine rings is 1. The molecule has 0 amide bonds. The first-order chi connectivity index (χ1) is 10.4. The van der Waals surface area contributed by atoms with Gasteiger partial charge in [-0.2, -0.15) is 0 Å². The molecule has 0 unspecified atom stereocenters. The van der Waals surface area contributed by atoms with Crippen molar-refractivity contribution in [1.82, 2.24) is 4.98 Å². The zero-order chi connectivity index (χ0) is 16.3. The predicted molar refractivity (Wildman–Crippen MR) is 83.7 cm³/mol. The van der Waals surface area contributed by atoms with Crippen LogP contribution >= 0.6 is 0 Å². The number of carboxylic acids is 1. The van der Waals surface area contributed by atoms with Crippen LogP contribution in [0.3, 0.4) is 0 Å². The van der Waals surface area contributed by atoms with E-state index in [0.29, 0.717) is 16.7 Å². The average molecular weight is 300 g/mol. The number of hydrogen-bond donors (Lipinski definition) is 1. The second kappa shape index (κ2) is 6.26. The van der Waals surface area contributed by atoms with Crippen LogP contribution in [0.25, 0.3) is 10.9 Å². The van der Waals surface area contributed by atoms with Crippen molar-refractivity contribution >= 4 is 28.3 Å². The zero-order valence-electron chi connectivity index (χ0n) is 12.4. The number of carbonyl (C=O) groups is 2. The van der Waals surface area contributed by atoms with Crippen LogP contribution in [-0.2, 0) is 4.79 Å². The smallest absolute Gasteiger partial charge is 0.341 e. The number of carboxylic acid groups (broad SMARTS) is 1. The lowest BCUT2D eigenvalue weighted by atomic mass is 10.1. The molecule has 0 spiro atoms. The Balaban J connectivity index is 2.61. The lowest BCUT2D eigenvalue weighted by Gasteiger charge is -2.15. The summed E-state index contributed by atoms with van der Waals surface area (Å²) in [5, 5.41) is 9.43. The SMILES string of the molecule is C=CC(=O)c1cc(OCC(=O)O)c2cc(N(C)C)ccc2n1. The van der Waals surface area contributed by atoms with E-state index in [4.69, 9.17) is 9.84 Å². The van der Waals surface area contributed by atoms with Crippen molar-refractivity contribution in [3.8, 4) is 5.75 Å². The second-order valence-electron chi connectivity index (χ2n) is 4.85. The summed E-state index contributed by atoms with van der Waals surface area (Å²) in [4.78, 5) is 28.7. The van der Waals surface area contributed by atoms with Gasteiger partial charge in [-0.25, -0.2) is 9.78 Å². The number of ether oxygens (including phenoxy) is 1. The quantitative estimate of drug-likeness (QED) is 0.650. The molecule has 1 aromatic heterocycles. The molecular weight excluding hydrogens is 284 g/mol. The fraction of sp³-hybridized carbons (Fsp3) is 0.188. The number of aliphatic carboxylic acids is 1. The van der Waals surface area contributed by atoms with Crippen molar-refractivity contribution in [2.24, 2.45) is 0 Å². The normalized spacial score (nSPS) is 10.3. The van der Waals surface area contributed by atoms with E-state index in [0.717, 1.165) is 11.8 Å². The minimum atomic E-state index is -1.09. The summed E-state index contributed by atoms with van der Waals surface area (Å²) >= 11 is 0. The Bertz CT molecular complexity index is 753. The molecule has 22 heavy (non-hydrogen) atoms. The molecule has 1 N–H and O–H groups in total. The molecule has 1 heterocycles. The third kappa shape index (κ3) is 3.22. The van der Waals surface area contributed by atoms with E-state index in [1.54, 1.807) is 6.07 Å². The summed E-state index contributed by atoms with van der Waals surface area (Å²) in [7, 11) is 3.78. The van der Waals surface area contributed by atoms with Gasteiger partial charge in [-0.05, 0) is 24.3 Å². The van der Waals surface area contributed by atoms with Crippen LogP contribution in [0.15, 0.2) is 36.9 Å². The van der Waals surface area contributed by atoms with E-state index < -0.39 is 12.6 Å². The van der Waals surface area contributed by atoms with Crippen LogP contribution in [0.4, 0.5) is 5.69 Å². The van der Waals surface area contributed by atoms with Crippen LogP contribution in [-0.4, -0.2) is 42.5 Å². The van der Waals surface area contributed by atoms with E-state index in [9.17, 15) is 9.59 Å². The minimum absolute atomic E-state index is 0.167. The molecule has 6 heteroatoms. The maximum atomic E-state index is 11.8. The maximum Gasteiger partial charge on any atom is 0.341 e. The lowest BCUT2D eigenvalue weighted by Crippen LogP contribution is -2.11. The van der Waals surface area contributed by atoms with Crippen LogP contribution < -0.4 is 9.64 Å². The molecule has 0 aliphatic rings. The number of carbonyl (C=O) groups excluding carboxylic acids is 1. The number of rotatable bonds is 6. The summed E-state index contributed by atoms with van der Waals surface area (Å²) < 4.78 is 5.31. The van der Waals surface area contributed by atoms with Gasteiger partial charge in [-0.15, -0.1) is 0 Å². The highest BCUT2D eigenvalue weighted by atomic mass is 16.5. The summed E-state index contributed by atoms with van der Waals surface area (Å²) in [6.07, 6.45) is 1.16. The fourth-order valence-electron chi connectivity index (χ4n) is 1.95. The lowest BCUT2D eigenvalue weighted by molar-refractivity contribution is -0.139. The molecule has 0 aliphatic heterocycles. The summed E-state index contributed by atoms with van der Waals surface area (Å²) in [6, 6.07) is 6.90. The number of fused-ring (bicyclic) bond motifs is 1. The molecule has 1 aromatic carbocycles. The Morgan fingerprint density at radius 2 is 2.09 bits per heavy atom. The van der Waals surface area contributed by atoms with E-state index in [-0.39, 0.29) is 11.5 Å². The second-order valence-corrected chi connectivity index (χ2v) is 4.85. The molecule has 2 rings (SSSR count). The van der Waals surface area contributed by atoms with Gasteiger partial charge >= 0.3 is 5.97 Å². The standard InChI is InChI=1S/C16H16N2O4/c1-4-14(19)13-8-15(22-9-16(20)21)11-7-10(18(2)3)5-6-12(11)17-13/h4-8H,1,9H2,2-3H3,(H,20,21). The number of aromatic nitrogens is 1. The van der Waals surface area contributed by atoms with Gasteiger partial charge in [0.25, 0.3) is 0 Å². The number of nitrogens with zero attached hydrogens (tertiary/aromatic N) is 2. The third-order valence-electron chi connectivity index (χ3n) is 3.06. The van der Waals surface area contributed by atoms with Crippen LogP contribution in [0.1, 0.15) is 10.5 Å². The first-order valence-corrected chi connectivity index (χ1v) is 6.56. The summed E-state index contributed by atoms with van der Waals surface area (Å²) in [5.41, 5.74) is 1.64. The van der Waals surface area contributed by atoms with Crippen LogP contribution in [0.5, 0.6) is 5.75 Å². The molecule has 0 saturated heterocycles. The number of ketones is 1. The van der Waals surface area contributed by atoms with Gasteiger partial charge in [0.15, 0.2) is 6.61 Å². The van der Waals surface area contributed by atoms with Crippen molar-refractivity contribution in [3.05, 3.63) is 42.6 Å². The Kier molecular flexibility index (Phi) is 4.41. The molecule has 2 aromatic rings. The molecule has 0 radical (unpaired) electrons. The van der Waals surface area contributed by atoms with Crippen molar-refractivity contribution in [1.29, 1.82) is 0 Å². The molecule has 0 aliphatic carbocycles. The van der Waals surface area contributed by atoms with E-state index in [1.165, 1.54) is 6.07 Å². The summed E-state index contributed by atoms with van der Waals surface area (Å²) in [6.45, 7) is 2.93. The highest BCUT2D eigenvalue weighted by Crippen LogP contribution is 2.29. The predicted octanol–water partition coefficient (Wildman–Crippen LogP) is 2.13. The van der Waals surface area contributed by atoms with Crippen LogP contribution in [0.2, 0.25) is 0 Å². The monoisotopic (exact) mass is 300 g/mol. The largest absolute Gasteiger partial charge is 0.481 e. The minimum Gasteiger partial charge on any atom is -0.481 e. The number of hydrogen-bond acceptors (Lipinski definition) is 5. The Labute approximate surface area is 127 Å². The average Bonchev–Trinajstić information content (AvgIpc) is 2.50. The molecule has 6 nitrogen and oxygen atoms in total. The van der Waals surface area contributed by atoms with Crippen molar-refractivity contribution in [2.75, 3.05) is 25.6 Å². The molecular formula is C16H16N2O4. The fourth-order valence-corrected chi connectivity index (χ4v) is 1.95. The molecule has 0 atom stereocenters. The highest BCUT2D eigenvalue weighted by Gasteiger charge is 2.13. The maximum absolute atomic E-state index is 11.8. The zero-order valence-corrected chi connectivity index (χ0v) is 12.4. The molecule has 0 saturated carbocycles. The highest BCUT2D eigenvalue weighted by molar-refractivity contribution is 6.05. The van der Waals surface area contributed by atoms with Gasteiger partial charge in [0.2, 0.25) is 5.78 Å². The molecule has 0 bridgehead atoms. The van der Waals surface area contributed by atoms with Crippen LogP contribution in [0, 0.1) is 0 Å². The number of benzene rings is 1. The molecule has 114 valence electrons. The Hall–Kier alpha value is -2.89. The van der Waals surface area contributed by atoms with E-state index in [2.05, 4.69) is 11.6 Å². The van der Waals surface area contributed by atoms with Gasteiger partial charge in [0.1, 0.15) is 11.4 Å². The third-order valence-corrected chi connectivity index (χ3v) is 3.06. The summed E-state index contributed by atoms with van der Waals surface area (Å²) in [5.74, 6) is -1.13. The van der Waals surface area contributed by atoms with Gasteiger partial charge < -0.3 is 14.7 Å². The van der Waals surface area contributed by atoms with E-state index in [1.807, 2.05) is 31.1 Å². The van der Waals surface area contributed by atoms with Crippen molar-refractivity contribution in [2.45, 2.75) is 0 Å². The number of allylic oxidation sites excluding steroid dienone is 1. The first-order valence-electron chi connectivity index (χ1n) is 6.56. The van der Waals surface area contributed by atoms with Gasteiger partial charge in [-0.3, -0.25) is 4.79 Å². The van der Waals surface area contributed by atoms with E-state index >= 15 is 0 Å². The Morgan fingerprint density at radius 1 is 1.36 bits per heavy atom. The Morgan fingerprint density at radius 3 is 2.68 bits per heavy atom. The van der Waals surface area contributed by atoms with Gasteiger partial charge in [0.05, 0.1) is 5.52 Å². The van der Waals surface area contributed by atoms with Gasteiger partial charge in [0, 0.05) is 31.2 Å². The van der Waals surface area contributed by atoms with Crippen molar-refractivity contribution < 1.29 is 19.4 Å². The number of anilines is 1. The topological polar surface area (TPSA) is 79.7 Å². The van der Waals surface area contributed by atoms with Crippen molar-refractivity contribution in [3.63, 3.8) is 0 Å². The first kappa shape index (κ1) is 15.5.